The lowest BCUT2D eigenvalue weighted by atomic mass is 10.0. The monoisotopic (exact) mass is 358 g/mol. The molecule has 0 aromatic rings. The van der Waals surface area contributed by atoms with Gasteiger partial charge in [0.05, 0.1) is 0 Å². The number of rotatable bonds is 14. The van der Waals surface area contributed by atoms with Gasteiger partial charge in [-0.15, -0.1) is 0 Å². The summed E-state index contributed by atoms with van der Waals surface area (Å²) in [5.74, 6) is 0. The zero-order chi connectivity index (χ0) is 12.6. The highest BCUT2D eigenvalue weighted by molar-refractivity contribution is 9.09. The number of hydrogen-bond donors (Lipinski definition) is 3. The van der Waals surface area contributed by atoms with Crippen molar-refractivity contribution in [3.8, 4) is 0 Å². The molecule has 0 atom stereocenters. The maximum atomic E-state index is 3.48. The fourth-order valence-corrected chi connectivity index (χ4v) is 2.69. The van der Waals surface area contributed by atoms with Gasteiger partial charge >= 0.3 is 0 Å². The summed E-state index contributed by atoms with van der Waals surface area (Å²) in [4.78, 5) is 0. The van der Waals surface area contributed by atoms with E-state index in [-0.39, 0.29) is 18.5 Å². The molecule has 0 amide bonds. The number of alkyl halides is 1. The Hall–Kier alpha value is 0.360. The lowest BCUT2D eigenvalue weighted by Crippen LogP contribution is -1.83. The van der Waals surface area contributed by atoms with Crippen LogP contribution in [0.15, 0.2) is 0 Å². The Balaban J connectivity index is -0.000000427. The maximum Gasteiger partial charge on any atom is 0.00313 e. The standard InChI is InChI=1S/C16H33Br.3H3N/c1-2-3-4-5-6-7-8-9-10-11-12-13-14-15-16-17;;;/h2-16H2,1H3;3*1H3/p+3. The molecule has 0 aromatic heterocycles. The quantitative estimate of drug-likeness (QED) is 0.206. The summed E-state index contributed by atoms with van der Waals surface area (Å²) in [6.45, 7) is 2.29. The molecule has 0 rings (SSSR count). The Kier molecular flexibility index (Phi) is 39.4. The molecule has 0 aliphatic heterocycles. The van der Waals surface area contributed by atoms with Crippen molar-refractivity contribution in [3.05, 3.63) is 0 Å². The molecular formula is C16H45BrN3+3. The highest BCUT2D eigenvalue weighted by Gasteiger charge is 1.93. The fourth-order valence-electron chi connectivity index (χ4n) is 2.29. The van der Waals surface area contributed by atoms with E-state index in [1.165, 1.54) is 95.2 Å². The lowest BCUT2D eigenvalue weighted by Gasteiger charge is -2.02. The minimum absolute atomic E-state index is 0. The minimum Gasteiger partial charge on any atom is -0.369 e. The van der Waals surface area contributed by atoms with Gasteiger partial charge in [0.15, 0.2) is 0 Å². The Labute approximate surface area is 136 Å². The van der Waals surface area contributed by atoms with Gasteiger partial charge in [0.25, 0.3) is 0 Å². The van der Waals surface area contributed by atoms with Crippen molar-refractivity contribution in [2.45, 2.75) is 96.8 Å². The summed E-state index contributed by atoms with van der Waals surface area (Å²) in [6.07, 6.45) is 20.3. The molecule has 0 saturated heterocycles. The molecule has 0 aliphatic rings. The molecule has 0 aromatic carbocycles. The van der Waals surface area contributed by atoms with E-state index in [4.69, 9.17) is 0 Å². The van der Waals surface area contributed by atoms with Crippen LogP contribution < -0.4 is 18.5 Å². The maximum absolute atomic E-state index is 3.48. The molecule has 4 heteroatoms. The third kappa shape index (κ3) is 26.8. The smallest absolute Gasteiger partial charge is 0.00313 e. The van der Waals surface area contributed by atoms with Crippen LogP contribution in [0.25, 0.3) is 0 Å². The molecule has 0 fully saturated rings. The average Bonchev–Trinajstić information content (AvgIpc) is 2.35. The number of halogens is 1. The van der Waals surface area contributed by atoms with E-state index in [0.717, 1.165) is 0 Å². The van der Waals surface area contributed by atoms with Crippen molar-refractivity contribution in [1.29, 1.82) is 0 Å². The largest absolute Gasteiger partial charge is 0.369 e. The van der Waals surface area contributed by atoms with Gasteiger partial charge in [-0.3, -0.25) is 0 Å². The van der Waals surface area contributed by atoms with Crippen molar-refractivity contribution in [2.24, 2.45) is 0 Å². The van der Waals surface area contributed by atoms with Crippen LogP contribution >= 0.6 is 15.9 Å². The second kappa shape index (κ2) is 27.7. The number of quaternary nitrogens is 3. The predicted octanol–water partition coefficient (Wildman–Crippen LogP) is 7.99. The molecule has 20 heavy (non-hydrogen) atoms. The van der Waals surface area contributed by atoms with Crippen LogP contribution in [0, 0.1) is 0 Å². The third-order valence-corrected chi connectivity index (χ3v) is 4.05. The molecule has 0 bridgehead atoms. The molecule has 0 heterocycles. The highest BCUT2D eigenvalue weighted by atomic mass is 79.9. The van der Waals surface area contributed by atoms with Gasteiger partial charge in [-0.2, -0.15) is 0 Å². The first-order chi connectivity index (χ1) is 8.41. The molecular weight excluding hydrogens is 314 g/mol. The van der Waals surface area contributed by atoms with Gasteiger partial charge in [-0.25, -0.2) is 0 Å². The topological polar surface area (TPSA) is 110 Å². The first-order valence-corrected chi connectivity index (χ1v) is 9.10. The van der Waals surface area contributed by atoms with Crippen molar-refractivity contribution in [3.63, 3.8) is 0 Å². The van der Waals surface area contributed by atoms with Gasteiger partial charge < -0.3 is 18.5 Å². The Morgan fingerprint density at radius 3 is 0.950 bits per heavy atom. The van der Waals surface area contributed by atoms with E-state index in [0.29, 0.717) is 0 Å². The van der Waals surface area contributed by atoms with Gasteiger partial charge in [0.2, 0.25) is 0 Å². The summed E-state index contributed by atoms with van der Waals surface area (Å²) < 4.78 is 0. The van der Waals surface area contributed by atoms with Crippen molar-refractivity contribution in [1.82, 2.24) is 18.5 Å². The van der Waals surface area contributed by atoms with Crippen molar-refractivity contribution in [2.75, 3.05) is 5.33 Å². The molecule has 0 saturated carbocycles. The van der Waals surface area contributed by atoms with Crippen LogP contribution in [0.3, 0.4) is 0 Å². The van der Waals surface area contributed by atoms with E-state index in [2.05, 4.69) is 22.9 Å². The molecule has 0 unspecified atom stereocenters. The van der Waals surface area contributed by atoms with Gasteiger partial charge in [-0.05, 0) is 6.42 Å². The van der Waals surface area contributed by atoms with Gasteiger partial charge in [0, 0.05) is 5.33 Å². The van der Waals surface area contributed by atoms with E-state index in [1.54, 1.807) is 0 Å². The van der Waals surface area contributed by atoms with Gasteiger partial charge in [-0.1, -0.05) is 106 Å². The van der Waals surface area contributed by atoms with E-state index < -0.39 is 0 Å². The van der Waals surface area contributed by atoms with Crippen LogP contribution in [-0.4, -0.2) is 5.33 Å². The molecule has 128 valence electrons. The third-order valence-electron chi connectivity index (χ3n) is 3.49. The Morgan fingerprint density at radius 1 is 0.450 bits per heavy atom. The fraction of sp³-hybridized carbons (Fsp3) is 1.00. The predicted molar refractivity (Wildman–Crippen MR) is 102 cm³/mol. The van der Waals surface area contributed by atoms with Crippen molar-refractivity contribution < 1.29 is 0 Å². The first-order valence-electron chi connectivity index (χ1n) is 7.97. The van der Waals surface area contributed by atoms with Crippen LogP contribution in [-0.2, 0) is 0 Å². The summed E-state index contributed by atoms with van der Waals surface area (Å²) >= 11 is 3.48. The zero-order valence-electron chi connectivity index (χ0n) is 15.0. The minimum atomic E-state index is 0. The Bertz CT molecular complexity index is 121. The van der Waals surface area contributed by atoms with E-state index >= 15 is 0 Å². The summed E-state index contributed by atoms with van der Waals surface area (Å²) in [7, 11) is 0. The normalized spacial score (nSPS) is 9.30. The molecule has 12 N–H and O–H groups in total. The summed E-state index contributed by atoms with van der Waals surface area (Å²) in [5.41, 5.74) is 0. The zero-order valence-corrected chi connectivity index (χ0v) is 16.6. The van der Waals surface area contributed by atoms with Crippen LogP contribution in [0.4, 0.5) is 0 Å². The second-order valence-corrected chi connectivity index (χ2v) is 6.08. The van der Waals surface area contributed by atoms with Gasteiger partial charge in [0.1, 0.15) is 0 Å². The van der Waals surface area contributed by atoms with Crippen LogP contribution in [0.2, 0.25) is 0 Å². The van der Waals surface area contributed by atoms with Crippen LogP contribution in [0.1, 0.15) is 96.8 Å². The summed E-state index contributed by atoms with van der Waals surface area (Å²) in [6, 6.07) is 0. The number of unbranched alkanes of at least 4 members (excludes halogenated alkanes) is 13. The molecule has 0 aliphatic carbocycles. The Morgan fingerprint density at radius 2 is 0.700 bits per heavy atom. The summed E-state index contributed by atoms with van der Waals surface area (Å²) in [5, 5.41) is 1.19. The number of hydrogen-bond acceptors (Lipinski definition) is 0. The van der Waals surface area contributed by atoms with E-state index in [1.807, 2.05) is 0 Å². The van der Waals surface area contributed by atoms with Crippen LogP contribution in [0.5, 0.6) is 0 Å². The lowest BCUT2D eigenvalue weighted by molar-refractivity contribution is 0.538. The van der Waals surface area contributed by atoms with Crippen molar-refractivity contribution >= 4 is 15.9 Å². The molecule has 0 radical (unpaired) electrons. The molecule has 0 spiro atoms. The second-order valence-electron chi connectivity index (χ2n) is 5.29. The molecule has 3 nitrogen and oxygen atoms in total. The first kappa shape index (κ1) is 28.5. The highest BCUT2D eigenvalue weighted by Crippen LogP contribution is 2.12. The average molecular weight is 359 g/mol. The SMILES string of the molecule is CCCCCCCCCCCCCCCCBr.[NH4+].[NH4+].[NH4+]. The van der Waals surface area contributed by atoms with E-state index in [9.17, 15) is 0 Å².